The maximum atomic E-state index is 10.5. The van der Waals surface area contributed by atoms with Gasteiger partial charge in [0.2, 0.25) is 5.79 Å². The van der Waals surface area contributed by atoms with E-state index in [0.717, 1.165) is 0 Å². The molecule has 8 N–H and O–H groups in total. The molecule has 0 radical (unpaired) electrons. The Morgan fingerprint density at radius 1 is 0.864 bits per heavy atom. The molecule has 0 saturated carbocycles. The molecular weight excluding hydrogens is 304 g/mol. The van der Waals surface area contributed by atoms with Crippen LogP contribution in [0.3, 0.4) is 0 Å². The van der Waals surface area contributed by atoms with E-state index in [2.05, 4.69) is 0 Å². The first-order valence-corrected chi connectivity index (χ1v) is 6.90. The molecule has 2 aliphatic heterocycles. The van der Waals surface area contributed by atoms with Crippen molar-refractivity contribution in [2.45, 2.75) is 67.6 Å². The minimum atomic E-state index is -2.71. The molecule has 0 aromatic carbocycles. The highest BCUT2D eigenvalue weighted by Gasteiger charge is 2.62. The summed E-state index contributed by atoms with van der Waals surface area (Å²) in [7, 11) is 0. The van der Waals surface area contributed by atoms with Crippen molar-refractivity contribution in [3.63, 3.8) is 0 Å². The zero-order valence-corrected chi connectivity index (χ0v) is 11.8. The molecule has 0 aliphatic carbocycles. The second kappa shape index (κ2) is 6.24. The Bertz CT molecular complexity index is 392. The van der Waals surface area contributed by atoms with Gasteiger partial charge in [-0.15, -0.1) is 0 Å². The standard InChI is InChI=1S/C12H22O10/c1-3-5(14)7(16)9(18)11(21-3)12(20)10(19)8(17)6(15)4(2-13)22-12/h3-11,13-20H,2H2,1H3/t3-,4+,5-,6-,7+,8-,9+,10+,11?,12-/m0/s1. The summed E-state index contributed by atoms with van der Waals surface area (Å²) in [4.78, 5) is 0. The van der Waals surface area contributed by atoms with Crippen LogP contribution >= 0.6 is 0 Å². The molecule has 22 heavy (non-hydrogen) atoms. The van der Waals surface area contributed by atoms with Crippen molar-refractivity contribution in [2.75, 3.05) is 6.61 Å². The van der Waals surface area contributed by atoms with Crippen molar-refractivity contribution in [1.82, 2.24) is 0 Å². The molecule has 0 aromatic rings. The van der Waals surface area contributed by atoms with E-state index in [1.807, 2.05) is 0 Å². The zero-order chi connectivity index (χ0) is 16.8. The van der Waals surface area contributed by atoms with Crippen molar-refractivity contribution < 1.29 is 50.3 Å². The van der Waals surface area contributed by atoms with Gasteiger partial charge < -0.3 is 50.3 Å². The Labute approximate surface area is 125 Å². The van der Waals surface area contributed by atoms with E-state index in [-0.39, 0.29) is 0 Å². The van der Waals surface area contributed by atoms with Crippen LogP contribution in [0.1, 0.15) is 6.92 Å². The Kier molecular flexibility index (Phi) is 5.09. The minimum absolute atomic E-state index is 0.781. The molecule has 10 atom stereocenters. The molecule has 2 rings (SSSR count). The van der Waals surface area contributed by atoms with Gasteiger partial charge in [0.05, 0.1) is 12.7 Å². The molecule has 0 aromatic heterocycles. The van der Waals surface area contributed by atoms with Gasteiger partial charge in [0.25, 0.3) is 0 Å². The first-order valence-electron chi connectivity index (χ1n) is 6.90. The van der Waals surface area contributed by atoms with Crippen LogP contribution in [0.2, 0.25) is 0 Å². The van der Waals surface area contributed by atoms with Gasteiger partial charge in [-0.3, -0.25) is 0 Å². The van der Waals surface area contributed by atoms with Crippen LogP contribution in [0, 0.1) is 0 Å². The molecule has 2 heterocycles. The highest BCUT2D eigenvalue weighted by atomic mass is 16.7. The van der Waals surface area contributed by atoms with Crippen LogP contribution in [-0.4, -0.2) is 108 Å². The largest absolute Gasteiger partial charge is 0.394 e. The van der Waals surface area contributed by atoms with E-state index in [0.29, 0.717) is 0 Å². The average Bonchev–Trinajstić information content (AvgIpc) is 2.50. The normalized spacial score (nSPS) is 56.9. The fraction of sp³-hybridized carbons (Fsp3) is 1.00. The SMILES string of the molecule is C[C@@H]1OC([C@@]2(O)O[C@H](CO)[C@H](O)[C@H](O)[C@H]2O)[C@H](O)[C@H](O)[C@H]1O. The summed E-state index contributed by atoms with van der Waals surface area (Å²) in [6.07, 6.45) is -14.8. The van der Waals surface area contributed by atoms with E-state index in [1.54, 1.807) is 0 Å². The molecule has 2 aliphatic rings. The van der Waals surface area contributed by atoms with Gasteiger partial charge in [-0.2, -0.15) is 0 Å². The molecule has 0 spiro atoms. The fourth-order valence-corrected chi connectivity index (χ4v) is 2.81. The first kappa shape index (κ1) is 17.9. The molecule has 0 bridgehead atoms. The van der Waals surface area contributed by atoms with Crippen molar-refractivity contribution in [1.29, 1.82) is 0 Å². The predicted octanol–water partition coefficient (Wildman–Crippen LogP) is -4.98. The molecule has 0 amide bonds. The van der Waals surface area contributed by atoms with Crippen LogP contribution in [0.25, 0.3) is 0 Å². The average molecular weight is 326 g/mol. The van der Waals surface area contributed by atoms with E-state index < -0.39 is 67.3 Å². The number of rotatable bonds is 2. The summed E-state index contributed by atoms with van der Waals surface area (Å²) in [5.74, 6) is -2.71. The van der Waals surface area contributed by atoms with Gasteiger partial charge >= 0.3 is 0 Å². The summed E-state index contributed by atoms with van der Waals surface area (Å²) >= 11 is 0. The summed E-state index contributed by atoms with van der Waals surface area (Å²) in [6, 6.07) is 0. The molecular formula is C12H22O10. The van der Waals surface area contributed by atoms with Crippen molar-refractivity contribution >= 4 is 0 Å². The van der Waals surface area contributed by atoms with Gasteiger partial charge in [-0.05, 0) is 6.92 Å². The fourth-order valence-electron chi connectivity index (χ4n) is 2.81. The third-order valence-electron chi connectivity index (χ3n) is 4.26. The molecule has 10 heteroatoms. The quantitative estimate of drug-likeness (QED) is 0.245. The lowest BCUT2D eigenvalue weighted by atomic mass is 9.83. The smallest absolute Gasteiger partial charge is 0.225 e. The molecule has 130 valence electrons. The van der Waals surface area contributed by atoms with Crippen LogP contribution in [0.4, 0.5) is 0 Å². The summed E-state index contributed by atoms with van der Waals surface area (Å²) < 4.78 is 10.2. The second-order valence-electron chi connectivity index (χ2n) is 5.75. The Morgan fingerprint density at radius 3 is 2.00 bits per heavy atom. The number of aliphatic hydroxyl groups excluding tert-OH is 7. The Balaban J connectivity index is 2.31. The lowest BCUT2D eigenvalue weighted by Gasteiger charge is -2.52. The van der Waals surface area contributed by atoms with Crippen molar-refractivity contribution in [3.05, 3.63) is 0 Å². The second-order valence-corrected chi connectivity index (χ2v) is 5.75. The van der Waals surface area contributed by atoms with E-state index in [1.165, 1.54) is 6.92 Å². The van der Waals surface area contributed by atoms with Gasteiger partial charge in [0.15, 0.2) is 0 Å². The maximum Gasteiger partial charge on any atom is 0.225 e. The number of hydrogen-bond acceptors (Lipinski definition) is 10. The number of hydrogen-bond donors (Lipinski definition) is 8. The summed E-state index contributed by atoms with van der Waals surface area (Å²) in [5, 5.41) is 78.4. The molecule has 2 saturated heterocycles. The van der Waals surface area contributed by atoms with Crippen LogP contribution in [0.15, 0.2) is 0 Å². The van der Waals surface area contributed by atoms with Gasteiger partial charge in [-0.25, -0.2) is 0 Å². The Hall–Kier alpha value is -0.400. The third-order valence-corrected chi connectivity index (χ3v) is 4.26. The van der Waals surface area contributed by atoms with Crippen LogP contribution < -0.4 is 0 Å². The van der Waals surface area contributed by atoms with Crippen molar-refractivity contribution in [3.8, 4) is 0 Å². The first-order chi connectivity index (χ1) is 10.1. The molecule has 1 unspecified atom stereocenters. The lowest BCUT2D eigenvalue weighted by Crippen LogP contribution is -2.74. The lowest BCUT2D eigenvalue weighted by molar-refractivity contribution is -0.404. The highest BCUT2D eigenvalue weighted by Crippen LogP contribution is 2.37. The maximum absolute atomic E-state index is 10.5. The summed E-state index contributed by atoms with van der Waals surface area (Å²) in [5.41, 5.74) is 0. The minimum Gasteiger partial charge on any atom is -0.394 e. The van der Waals surface area contributed by atoms with Crippen molar-refractivity contribution in [2.24, 2.45) is 0 Å². The third kappa shape index (κ3) is 2.65. The van der Waals surface area contributed by atoms with Gasteiger partial charge in [-0.1, -0.05) is 0 Å². The van der Waals surface area contributed by atoms with Gasteiger partial charge in [0.1, 0.15) is 48.8 Å². The molecule has 2 fully saturated rings. The molecule has 10 nitrogen and oxygen atoms in total. The number of aliphatic hydroxyl groups is 8. The van der Waals surface area contributed by atoms with E-state index >= 15 is 0 Å². The topological polar surface area (TPSA) is 180 Å². The van der Waals surface area contributed by atoms with E-state index in [4.69, 9.17) is 14.6 Å². The zero-order valence-electron chi connectivity index (χ0n) is 11.8. The highest BCUT2D eigenvalue weighted by molar-refractivity contribution is 5.05. The Morgan fingerprint density at radius 2 is 1.45 bits per heavy atom. The van der Waals surface area contributed by atoms with Gasteiger partial charge in [0, 0.05) is 0 Å². The monoisotopic (exact) mass is 326 g/mol. The predicted molar refractivity (Wildman–Crippen MR) is 67.3 cm³/mol. The van der Waals surface area contributed by atoms with Crippen LogP contribution in [0.5, 0.6) is 0 Å². The number of ether oxygens (including phenoxy) is 2. The summed E-state index contributed by atoms with van der Waals surface area (Å²) in [6.45, 7) is 0.580. The van der Waals surface area contributed by atoms with E-state index in [9.17, 15) is 35.7 Å². The van der Waals surface area contributed by atoms with Crippen LogP contribution in [-0.2, 0) is 9.47 Å².